The lowest BCUT2D eigenvalue weighted by molar-refractivity contribution is 0.0342. The summed E-state index contributed by atoms with van der Waals surface area (Å²) in [6.45, 7) is 10.4. The number of amides is 1. The lowest BCUT2D eigenvalue weighted by Crippen LogP contribution is -2.40. The first-order valence-electron chi connectivity index (χ1n) is 15.6. The van der Waals surface area contributed by atoms with Gasteiger partial charge in [-0.1, -0.05) is 24.3 Å². The van der Waals surface area contributed by atoms with Crippen molar-refractivity contribution in [2.24, 2.45) is 0 Å². The van der Waals surface area contributed by atoms with Crippen LogP contribution in [0.4, 0.5) is 5.69 Å². The van der Waals surface area contributed by atoms with Crippen LogP contribution >= 0.6 is 0 Å². The number of nitrogens with zero attached hydrogens (tertiary/aromatic N) is 2. The number of aromatic amines is 1. The van der Waals surface area contributed by atoms with Crippen LogP contribution in [0.2, 0.25) is 0 Å². The Morgan fingerprint density at radius 3 is 2.35 bits per heavy atom. The third-order valence-corrected chi connectivity index (χ3v) is 9.37. The maximum Gasteiger partial charge on any atom is 0.253 e. The zero-order valence-electron chi connectivity index (χ0n) is 26.4. The minimum absolute atomic E-state index is 0.155. The number of carbonyl (C=O) groups is 1. The summed E-state index contributed by atoms with van der Waals surface area (Å²) in [5.74, 6) is -0.170. The van der Waals surface area contributed by atoms with Gasteiger partial charge in [0.05, 0.1) is 13.2 Å². The summed E-state index contributed by atoms with van der Waals surface area (Å²) < 4.78 is 5.50. The van der Waals surface area contributed by atoms with Crippen LogP contribution in [0.5, 0.6) is 0 Å². The van der Waals surface area contributed by atoms with E-state index in [1.54, 1.807) is 0 Å². The highest BCUT2D eigenvalue weighted by Crippen LogP contribution is 2.34. The smallest absolute Gasteiger partial charge is 0.253 e. The maximum atomic E-state index is 13.8. The van der Waals surface area contributed by atoms with E-state index in [-0.39, 0.29) is 18.0 Å². The first kappa shape index (κ1) is 31.0. The monoisotopic (exact) mass is 585 g/mol. The van der Waals surface area contributed by atoms with E-state index in [0.717, 1.165) is 92.2 Å². The highest BCUT2D eigenvalue weighted by molar-refractivity contribution is 5.99. The average Bonchev–Trinajstić information content (AvgIpc) is 3.01. The van der Waals surface area contributed by atoms with Crippen LogP contribution in [-0.2, 0) is 17.8 Å². The van der Waals surface area contributed by atoms with Crippen LogP contribution in [-0.4, -0.2) is 68.3 Å². The molecule has 1 aliphatic carbocycles. The zero-order valence-corrected chi connectivity index (χ0v) is 26.4. The Balaban J connectivity index is 1.43. The largest absolute Gasteiger partial charge is 0.379 e. The number of hydrogen-bond donors (Lipinski definition) is 3. The molecule has 0 spiro atoms. The first-order chi connectivity index (χ1) is 20.7. The predicted molar refractivity (Wildman–Crippen MR) is 174 cm³/mol. The second-order valence-corrected chi connectivity index (χ2v) is 12.3. The van der Waals surface area contributed by atoms with Gasteiger partial charge in [0.2, 0.25) is 0 Å². The molecule has 2 heterocycles. The Labute approximate surface area is 255 Å². The molecule has 230 valence electrons. The van der Waals surface area contributed by atoms with Crippen LogP contribution in [0.3, 0.4) is 0 Å². The number of nitrogens with one attached hydrogen (secondary N) is 3. The van der Waals surface area contributed by atoms with Gasteiger partial charge in [-0.25, -0.2) is 0 Å². The molecule has 1 amide bonds. The van der Waals surface area contributed by atoms with Gasteiger partial charge in [-0.15, -0.1) is 0 Å². The summed E-state index contributed by atoms with van der Waals surface area (Å²) in [7, 11) is 4.21. The summed E-state index contributed by atoms with van der Waals surface area (Å²) in [6, 6.07) is 15.9. The fourth-order valence-electron chi connectivity index (χ4n) is 6.60. The molecule has 2 aliphatic rings. The molecule has 0 bridgehead atoms. The van der Waals surface area contributed by atoms with E-state index < -0.39 is 0 Å². The number of aryl methyl sites for hydroxylation is 2. The van der Waals surface area contributed by atoms with Crippen LogP contribution in [0, 0.1) is 20.8 Å². The van der Waals surface area contributed by atoms with E-state index in [9.17, 15) is 9.59 Å². The highest BCUT2D eigenvalue weighted by Gasteiger charge is 2.26. The number of pyridine rings is 1. The van der Waals surface area contributed by atoms with Gasteiger partial charge in [-0.3, -0.25) is 14.5 Å². The van der Waals surface area contributed by atoms with Crippen molar-refractivity contribution in [2.45, 2.75) is 71.6 Å². The molecule has 1 aliphatic heterocycles. The normalized spacial score (nSPS) is 19.3. The number of rotatable bonds is 9. The Hall–Kier alpha value is -3.46. The molecular weight excluding hydrogens is 538 g/mol. The lowest BCUT2D eigenvalue weighted by Gasteiger charge is -2.37. The molecule has 1 saturated heterocycles. The van der Waals surface area contributed by atoms with E-state index in [1.807, 2.05) is 40.0 Å². The molecule has 43 heavy (non-hydrogen) atoms. The molecule has 0 unspecified atom stereocenters. The van der Waals surface area contributed by atoms with Crippen molar-refractivity contribution in [3.63, 3.8) is 0 Å². The number of hydrogen-bond acceptors (Lipinski definition) is 6. The Kier molecular flexibility index (Phi) is 10.0. The van der Waals surface area contributed by atoms with Gasteiger partial charge in [-0.2, -0.15) is 0 Å². The molecule has 3 aromatic rings. The van der Waals surface area contributed by atoms with Gasteiger partial charge in [0, 0.05) is 67.8 Å². The van der Waals surface area contributed by atoms with Crippen molar-refractivity contribution in [1.82, 2.24) is 20.5 Å². The number of benzene rings is 2. The van der Waals surface area contributed by atoms with Gasteiger partial charge in [0.1, 0.15) is 0 Å². The summed E-state index contributed by atoms with van der Waals surface area (Å²) in [4.78, 5) is 34.0. The second-order valence-electron chi connectivity index (χ2n) is 12.3. The zero-order chi connectivity index (χ0) is 30.5. The highest BCUT2D eigenvalue weighted by atomic mass is 16.5. The van der Waals surface area contributed by atoms with E-state index in [1.165, 1.54) is 5.56 Å². The molecule has 8 nitrogen and oxygen atoms in total. The second kappa shape index (κ2) is 13.9. The van der Waals surface area contributed by atoms with Crippen LogP contribution < -0.4 is 21.1 Å². The van der Waals surface area contributed by atoms with Crippen molar-refractivity contribution in [1.29, 1.82) is 0 Å². The Bertz CT molecular complexity index is 1470. The molecule has 1 aromatic heterocycles. The lowest BCUT2D eigenvalue weighted by atomic mass is 9.89. The van der Waals surface area contributed by atoms with Crippen LogP contribution in [0.1, 0.15) is 64.0 Å². The summed E-state index contributed by atoms with van der Waals surface area (Å²) in [5.41, 5.74) is 8.17. The SMILES string of the molecule is CNC1CCC(N(C)c2cc(-c3ccc(CN4CCOCC4)cc3)cc(C(=O)NCc3c(C)cc(C)[nH]c3=O)c2C)CC1. The van der Waals surface area contributed by atoms with Crippen molar-refractivity contribution < 1.29 is 9.53 Å². The number of anilines is 1. The van der Waals surface area contributed by atoms with Crippen LogP contribution in [0.25, 0.3) is 11.1 Å². The summed E-state index contributed by atoms with van der Waals surface area (Å²) in [6.07, 6.45) is 4.51. The minimum atomic E-state index is -0.170. The molecular formula is C35H47N5O3. The number of H-pyrrole nitrogens is 1. The number of morpholine rings is 1. The fourth-order valence-corrected chi connectivity index (χ4v) is 6.60. The quantitative estimate of drug-likeness (QED) is 0.338. The first-order valence-corrected chi connectivity index (χ1v) is 15.6. The third kappa shape index (κ3) is 7.37. The van der Waals surface area contributed by atoms with E-state index in [0.29, 0.717) is 23.2 Å². The molecule has 0 radical (unpaired) electrons. The maximum absolute atomic E-state index is 13.8. The van der Waals surface area contributed by atoms with E-state index in [2.05, 4.69) is 62.8 Å². The average molecular weight is 586 g/mol. The van der Waals surface area contributed by atoms with Gasteiger partial charge >= 0.3 is 0 Å². The summed E-state index contributed by atoms with van der Waals surface area (Å²) >= 11 is 0. The van der Waals surface area contributed by atoms with Crippen molar-refractivity contribution in [3.05, 3.63) is 86.3 Å². The van der Waals surface area contributed by atoms with E-state index >= 15 is 0 Å². The summed E-state index contributed by atoms with van der Waals surface area (Å²) in [5, 5.41) is 6.48. The van der Waals surface area contributed by atoms with Gasteiger partial charge in [0.25, 0.3) is 11.5 Å². The van der Waals surface area contributed by atoms with Crippen molar-refractivity contribution in [2.75, 3.05) is 45.3 Å². The van der Waals surface area contributed by atoms with Gasteiger partial charge in [-0.05, 0) is 99.5 Å². The van der Waals surface area contributed by atoms with E-state index in [4.69, 9.17) is 4.74 Å². The standard InChI is InChI=1S/C35H47N5O3/c1-23-18-24(2)38-35(42)32(23)21-37-34(41)31-19-28(27-8-6-26(7-9-27)22-40-14-16-43-17-15-40)20-33(25(31)3)39(5)30-12-10-29(36-4)11-13-30/h6-9,18-20,29-30,36H,10-17,21-22H2,1-5H3,(H,37,41)(H,38,42). The number of carbonyl (C=O) groups excluding carboxylic acids is 1. The fraction of sp³-hybridized carbons (Fsp3) is 0.486. The van der Waals surface area contributed by atoms with Gasteiger partial charge < -0.3 is 25.3 Å². The Morgan fingerprint density at radius 2 is 1.70 bits per heavy atom. The third-order valence-electron chi connectivity index (χ3n) is 9.37. The number of aromatic nitrogens is 1. The van der Waals surface area contributed by atoms with Crippen molar-refractivity contribution >= 4 is 11.6 Å². The minimum Gasteiger partial charge on any atom is -0.379 e. The molecule has 0 atom stereocenters. The molecule has 5 rings (SSSR count). The van der Waals surface area contributed by atoms with Crippen molar-refractivity contribution in [3.8, 4) is 11.1 Å². The number of ether oxygens (including phenoxy) is 1. The predicted octanol–water partition coefficient (Wildman–Crippen LogP) is 4.70. The van der Waals surface area contributed by atoms with Crippen LogP contribution in [0.15, 0.2) is 47.3 Å². The molecule has 2 aromatic carbocycles. The Morgan fingerprint density at radius 1 is 1.00 bits per heavy atom. The molecule has 3 N–H and O–H groups in total. The topological polar surface area (TPSA) is 89.7 Å². The molecule has 2 fully saturated rings. The molecule has 8 heteroatoms. The molecule has 1 saturated carbocycles. The van der Waals surface area contributed by atoms with Gasteiger partial charge in [0.15, 0.2) is 0 Å².